The highest BCUT2D eigenvalue weighted by Crippen LogP contribution is 2.35. The van der Waals surface area contributed by atoms with Gasteiger partial charge in [0.05, 0.1) is 6.04 Å². The monoisotopic (exact) mass is 321 g/mol. The van der Waals surface area contributed by atoms with Crippen molar-refractivity contribution in [1.82, 2.24) is 0 Å². The number of hydrogen-bond donors (Lipinski definition) is 1. The molecule has 1 aromatic carbocycles. The van der Waals surface area contributed by atoms with E-state index in [1.165, 1.54) is 45.7 Å². The van der Waals surface area contributed by atoms with Crippen molar-refractivity contribution >= 4 is 27.3 Å². The van der Waals surface area contributed by atoms with E-state index in [0.29, 0.717) is 0 Å². The van der Waals surface area contributed by atoms with Crippen LogP contribution in [-0.4, -0.2) is 0 Å². The first-order valence-corrected chi connectivity index (χ1v) is 7.89. The summed E-state index contributed by atoms with van der Waals surface area (Å²) in [5.74, 6) is 0. The van der Waals surface area contributed by atoms with Gasteiger partial charge in [-0.3, -0.25) is 0 Å². The van der Waals surface area contributed by atoms with Crippen molar-refractivity contribution in [3.8, 4) is 0 Å². The van der Waals surface area contributed by atoms with Gasteiger partial charge >= 0.3 is 0 Å². The molecule has 0 bridgehead atoms. The van der Waals surface area contributed by atoms with Crippen LogP contribution in [0.2, 0.25) is 0 Å². The molecule has 0 saturated heterocycles. The zero-order valence-corrected chi connectivity index (χ0v) is 12.8. The fourth-order valence-corrected chi connectivity index (χ4v) is 4.58. The Morgan fingerprint density at radius 3 is 2.72 bits per heavy atom. The summed E-state index contributed by atoms with van der Waals surface area (Å²) in [6.45, 7) is 2.12. The molecule has 18 heavy (non-hydrogen) atoms. The summed E-state index contributed by atoms with van der Waals surface area (Å²) in [5, 5.41) is 0. The molecule has 0 saturated carbocycles. The molecule has 1 atom stereocenters. The summed E-state index contributed by atoms with van der Waals surface area (Å²) in [7, 11) is 0. The van der Waals surface area contributed by atoms with Crippen LogP contribution in [0.1, 0.15) is 38.9 Å². The van der Waals surface area contributed by atoms with E-state index in [9.17, 15) is 0 Å². The first-order chi connectivity index (χ1) is 8.65. The Labute approximate surface area is 120 Å². The van der Waals surface area contributed by atoms with Crippen molar-refractivity contribution in [2.45, 2.75) is 32.2 Å². The Balaban J connectivity index is 1.97. The normalized spacial score (nSPS) is 15.7. The van der Waals surface area contributed by atoms with Crippen LogP contribution in [0, 0.1) is 6.92 Å². The molecule has 1 heterocycles. The zero-order valence-electron chi connectivity index (χ0n) is 10.4. The number of benzene rings is 1. The molecule has 94 valence electrons. The minimum atomic E-state index is -0.0102. The largest absolute Gasteiger partial charge is 0.320 e. The van der Waals surface area contributed by atoms with Gasteiger partial charge in [0.1, 0.15) is 0 Å². The number of thiophene rings is 1. The smallest absolute Gasteiger partial charge is 0.0657 e. The van der Waals surface area contributed by atoms with Gasteiger partial charge < -0.3 is 5.73 Å². The minimum Gasteiger partial charge on any atom is -0.320 e. The van der Waals surface area contributed by atoms with Gasteiger partial charge in [-0.25, -0.2) is 0 Å². The fraction of sp³-hybridized carbons (Fsp3) is 0.333. The quantitative estimate of drug-likeness (QED) is 0.874. The van der Waals surface area contributed by atoms with Crippen LogP contribution >= 0.6 is 27.3 Å². The van der Waals surface area contributed by atoms with Crippen molar-refractivity contribution in [2.24, 2.45) is 5.73 Å². The van der Waals surface area contributed by atoms with Crippen molar-refractivity contribution in [3.63, 3.8) is 0 Å². The van der Waals surface area contributed by atoms with Gasteiger partial charge in [0.2, 0.25) is 0 Å². The maximum absolute atomic E-state index is 6.40. The molecule has 1 unspecified atom stereocenters. The van der Waals surface area contributed by atoms with E-state index >= 15 is 0 Å². The highest BCUT2D eigenvalue weighted by Gasteiger charge is 2.18. The van der Waals surface area contributed by atoms with Crippen molar-refractivity contribution < 1.29 is 0 Å². The third-order valence-corrected chi connectivity index (χ3v) is 5.65. The second-order valence-electron chi connectivity index (χ2n) is 4.93. The topological polar surface area (TPSA) is 26.0 Å². The van der Waals surface area contributed by atoms with Crippen LogP contribution in [0.25, 0.3) is 0 Å². The van der Waals surface area contributed by atoms with Gasteiger partial charge in [0.25, 0.3) is 0 Å². The highest BCUT2D eigenvalue weighted by molar-refractivity contribution is 9.10. The van der Waals surface area contributed by atoms with Crippen molar-refractivity contribution in [1.29, 1.82) is 0 Å². The predicted molar refractivity (Wildman–Crippen MR) is 81.3 cm³/mol. The summed E-state index contributed by atoms with van der Waals surface area (Å²) < 4.78 is 1.14. The van der Waals surface area contributed by atoms with E-state index in [1.54, 1.807) is 11.3 Å². The van der Waals surface area contributed by atoms with Crippen LogP contribution in [0.3, 0.4) is 0 Å². The van der Waals surface area contributed by atoms with E-state index < -0.39 is 0 Å². The van der Waals surface area contributed by atoms with Crippen LogP contribution in [0.5, 0.6) is 0 Å². The van der Waals surface area contributed by atoms with E-state index in [2.05, 4.69) is 47.1 Å². The van der Waals surface area contributed by atoms with Crippen LogP contribution in [0.4, 0.5) is 0 Å². The molecule has 1 aliphatic carbocycles. The average Bonchev–Trinajstić information content (AvgIpc) is 2.93. The first kappa shape index (κ1) is 12.4. The maximum Gasteiger partial charge on any atom is 0.0657 e. The van der Waals surface area contributed by atoms with Crippen LogP contribution in [-0.2, 0) is 12.8 Å². The Morgan fingerprint density at radius 2 is 2.00 bits per heavy atom. The summed E-state index contributed by atoms with van der Waals surface area (Å²) >= 11 is 5.39. The summed E-state index contributed by atoms with van der Waals surface area (Å²) in [6.07, 6.45) is 3.73. The maximum atomic E-state index is 6.40. The van der Waals surface area contributed by atoms with Gasteiger partial charge in [0.15, 0.2) is 0 Å². The SMILES string of the molecule is Cc1cc(Br)c(C(N)c2ccc3c(c2)CCC3)s1. The number of hydrogen-bond acceptors (Lipinski definition) is 2. The van der Waals surface area contributed by atoms with Crippen molar-refractivity contribution in [2.75, 3.05) is 0 Å². The molecule has 0 amide bonds. The van der Waals surface area contributed by atoms with Gasteiger partial charge in [0, 0.05) is 14.2 Å². The summed E-state index contributed by atoms with van der Waals surface area (Å²) in [6, 6.07) is 8.88. The highest BCUT2D eigenvalue weighted by atomic mass is 79.9. The lowest BCUT2D eigenvalue weighted by Crippen LogP contribution is -2.11. The molecule has 2 aromatic rings. The molecular weight excluding hydrogens is 306 g/mol. The Hall–Kier alpha value is -0.640. The standard InChI is InChI=1S/C15H16BrNS/c1-9-7-13(16)15(18-9)14(17)12-6-5-10-3-2-4-11(10)8-12/h5-8,14H,2-4,17H2,1H3. The fourth-order valence-electron chi connectivity index (χ4n) is 2.65. The number of nitrogens with two attached hydrogens (primary N) is 1. The van der Waals surface area contributed by atoms with Gasteiger partial charge in [-0.15, -0.1) is 11.3 Å². The molecule has 3 heteroatoms. The molecule has 3 rings (SSSR count). The molecule has 0 spiro atoms. The van der Waals surface area contributed by atoms with Gasteiger partial charge in [-0.2, -0.15) is 0 Å². The second-order valence-corrected chi connectivity index (χ2v) is 7.07. The Bertz CT molecular complexity index is 588. The van der Waals surface area contributed by atoms with E-state index in [-0.39, 0.29) is 6.04 Å². The van der Waals surface area contributed by atoms with Crippen molar-refractivity contribution in [3.05, 3.63) is 55.2 Å². The average molecular weight is 322 g/mol. The van der Waals surface area contributed by atoms with E-state index in [1.807, 2.05) is 0 Å². The molecule has 0 fully saturated rings. The first-order valence-electron chi connectivity index (χ1n) is 6.28. The third-order valence-electron chi connectivity index (χ3n) is 3.60. The van der Waals surface area contributed by atoms with Gasteiger partial charge in [-0.1, -0.05) is 18.2 Å². The van der Waals surface area contributed by atoms with Crippen LogP contribution < -0.4 is 5.73 Å². The second kappa shape index (κ2) is 4.80. The van der Waals surface area contributed by atoms with E-state index in [0.717, 1.165) is 4.47 Å². The Kier molecular flexibility index (Phi) is 3.31. The summed E-state index contributed by atoms with van der Waals surface area (Å²) in [5.41, 5.74) is 10.6. The molecule has 0 radical (unpaired) electrons. The molecular formula is C15H16BrNS. The zero-order chi connectivity index (χ0) is 12.7. The molecule has 2 N–H and O–H groups in total. The van der Waals surface area contributed by atoms with Crippen LogP contribution in [0.15, 0.2) is 28.7 Å². The Morgan fingerprint density at radius 1 is 1.22 bits per heavy atom. The predicted octanol–water partition coefficient (Wildman–Crippen LogP) is 4.36. The number of aryl methyl sites for hydroxylation is 3. The number of rotatable bonds is 2. The number of fused-ring (bicyclic) bond motifs is 1. The lowest BCUT2D eigenvalue weighted by molar-refractivity contribution is 0.883. The molecule has 0 aliphatic heterocycles. The number of halogens is 1. The lowest BCUT2D eigenvalue weighted by Gasteiger charge is -2.13. The molecule has 1 nitrogen and oxygen atoms in total. The minimum absolute atomic E-state index is 0.0102. The van der Waals surface area contributed by atoms with E-state index in [4.69, 9.17) is 5.73 Å². The third kappa shape index (κ3) is 2.15. The molecule has 1 aromatic heterocycles. The summed E-state index contributed by atoms with van der Waals surface area (Å²) in [4.78, 5) is 2.53. The lowest BCUT2D eigenvalue weighted by atomic mass is 10.0. The molecule has 1 aliphatic rings. The van der Waals surface area contributed by atoms with Gasteiger partial charge in [-0.05, 0) is 64.9 Å².